The number of aliphatic imine (C=N–C) groups is 1. The number of hydrogen-bond acceptors (Lipinski definition) is 6. The van der Waals surface area contributed by atoms with Crippen LogP contribution in [0.1, 0.15) is 24.5 Å². The van der Waals surface area contributed by atoms with Crippen LogP contribution in [0.15, 0.2) is 41.5 Å². The first-order valence-corrected chi connectivity index (χ1v) is 7.42. The largest absolute Gasteiger partial charge is 0.465 e. The lowest BCUT2D eigenvalue weighted by Gasteiger charge is -2.30. The number of nitrogens with zero attached hydrogens (tertiary/aromatic N) is 3. The molecule has 0 fully saturated rings. The predicted octanol–water partition coefficient (Wildman–Crippen LogP) is 2.79. The molecule has 24 heavy (non-hydrogen) atoms. The summed E-state index contributed by atoms with van der Waals surface area (Å²) in [6.07, 6.45) is 2.10. The van der Waals surface area contributed by atoms with Crippen molar-refractivity contribution in [3.63, 3.8) is 0 Å². The lowest BCUT2D eigenvalue weighted by Crippen LogP contribution is -2.34. The molecule has 6 nitrogen and oxygen atoms in total. The molecule has 1 aromatic carbocycles. The van der Waals surface area contributed by atoms with Crippen molar-refractivity contribution in [1.82, 2.24) is 4.98 Å². The predicted molar refractivity (Wildman–Crippen MR) is 88.2 cm³/mol. The second-order valence-electron chi connectivity index (χ2n) is 5.65. The van der Waals surface area contributed by atoms with Crippen LogP contribution in [0.5, 0.6) is 0 Å². The molecular formula is C17H16FN5O. The van der Waals surface area contributed by atoms with Crippen molar-refractivity contribution in [3.8, 4) is 6.07 Å². The molecule has 0 aliphatic carbocycles. The van der Waals surface area contributed by atoms with Gasteiger partial charge in [0.15, 0.2) is 0 Å². The molecule has 0 saturated heterocycles. The maximum Gasteiger partial charge on any atom is 0.282 e. The highest BCUT2D eigenvalue weighted by molar-refractivity contribution is 5.73. The highest BCUT2D eigenvalue weighted by atomic mass is 19.1. The molecule has 2 aromatic rings. The number of aromatic nitrogens is 1. The number of nitrogens with two attached hydrogens (primary N) is 1. The summed E-state index contributed by atoms with van der Waals surface area (Å²) in [5.41, 5.74) is 6.27. The van der Waals surface area contributed by atoms with E-state index in [1.165, 1.54) is 6.07 Å². The smallest absolute Gasteiger partial charge is 0.282 e. The second-order valence-corrected chi connectivity index (χ2v) is 5.65. The molecule has 2 heterocycles. The van der Waals surface area contributed by atoms with Gasteiger partial charge in [0, 0.05) is 23.9 Å². The van der Waals surface area contributed by atoms with Crippen LogP contribution in [0.4, 0.5) is 15.9 Å². The van der Waals surface area contributed by atoms with Gasteiger partial charge in [-0.3, -0.25) is 0 Å². The maximum absolute atomic E-state index is 14.4. The summed E-state index contributed by atoms with van der Waals surface area (Å²) in [7, 11) is 0. The van der Waals surface area contributed by atoms with Crippen LogP contribution in [0.3, 0.4) is 0 Å². The van der Waals surface area contributed by atoms with Crippen LogP contribution in [0.25, 0.3) is 0 Å². The number of benzene rings is 1. The number of amidine groups is 1. The molecule has 1 aromatic heterocycles. The van der Waals surface area contributed by atoms with E-state index >= 15 is 0 Å². The molecule has 0 saturated carbocycles. The quantitative estimate of drug-likeness (QED) is 0.904. The number of nitriles is 1. The van der Waals surface area contributed by atoms with Gasteiger partial charge in [-0.05, 0) is 37.3 Å². The van der Waals surface area contributed by atoms with Crippen LogP contribution in [0, 0.1) is 17.1 Å². The van der Waals surface area contributed by atoms with Crippen molar-refractivity contribution in [2.24, 2.45) is 10.7 Å². The van der Waals surface area contributed by atoms with Crippen LogP contribution in [-0.4, -0.2) is 17.6 Å². The Morgan fingerprint density at radius 3 is 3.00 bits per heavy atom. The fourth-order valence-electron chi connectivity index (χ4n) is 2.63. The summed E-state index contributed by atoms with van der Waals surface area (Å²) >= 11 is 0. The van der Waals surface area contributed by atoms with Gasteiger partial charge in [-0.2, -0.15) is 5.26 Å². The molecule has 7 heteroatoms. The zero-order valence-corrected chi connectivity index (χ0v) is 13.1. The minimum absolute atomic E-state index is 0.0537. The van der Waals surface area contributed by atoms with Crippen LogP contribution in [0.2, 0.25) is 0 Å². The van der Waals surface area contributed by atoms with E-state index in [1.54, 1.807) is 30.5 Å². The van der Waals surface area contributed by atoms with E-state index in [9.17, 15) is 4.39 Å². The van der Waals surface area contributed by atoms with Gasteiger partial charge in [-0.15, -0.1) is 0 Å². The molecule has 0 radical (unpaired) electrons. The Kier molecular flexibility index (Phi) is 4.04. The first kappa shape index (κ1) is 15.7. The van der Waals surface area contributed by atoms with E-state index in [0.29, 0.717) is 35.7 Å². The van der Waals surface area contributed by atoms with E-state index < -0.39 is 5.54 Å². The van der Waals surface area contributed by atoms with Gasteiger partial charge in [0.05, 0.1) is 17.7 Å². The highest BCUT2D eigenvalue weighted by Crippen LogP contribution is 2.35. The number of ether oxygens (including phenoxy) is 1. The fraction of sp³-hybridized carbons (Fsp3) is 0.235. The Balaban J connectivity index is 1.98. The summed E-state index contributed by atoms with van der Waals surface area (Å²) in [5, 5.41) is 12.2. The number of anilines is 2. The van der Waals surface area contributed by atoms with Gasteiger partial charge in [0.25, 0.3) is 6.02 Å². The van der Waals surface area contributed by atoms with Crippen molar-refractivity contribution in [2.45, 2.75) is 18.9 Å². The lowest BCUT2D eigenvalue weighted by atomic mass is 9.88. The average molecular weight is 325 g/mol. The Hall–Kier alpha value is -3.14. The molecule has 0 unspecified atom stereocenters. The van der Waals surface area contributed by atoms with Gasteiger partial charge < -0.3 is 15.8 Å². The number of nitrogens with one attached hydrogen (secondary N) is 1. The van der Waals surface area contributed by atoms with Crippen LogP contribution < -0.4 is 11.1 Å². The fourth-order valence-corrected chi connectivity index (χ4v) is 2.63. The molecular weight excluding hydrogens is 309 g/mol. The summed E-state index contributed by atoms with van der Waals surface area (Å²) in [5.74, 6) is 0.0423. The lowest BCUT2D eigenvalue weighted by molar-refractivity contribution is 0.215. The number of pyridine rings is 1. The molecule has 1 aliphatic heterocycles. The van der Waals surface area contributed by atoms with E-state index in [0.717, 1.165) is 0 Å². The number of hydrogen-bond donors (Lipinski definition) is 2. The standard InChI is InChI=1S/C17H16FN5O/c1-17(6-8-24-16(20)23-17)13-9-12(4-5-14(13)18)22-15-11(10-19)3-2-7-21-15/h2-5,7,9H,6,8H2,1H3,(H2,20,23)(H,21,22)/t17-/m0/s1. The molecule has 3 N–H and O–H groups in total. The third-order valence-electron chi connectivity index (χ3n) is 3.93. The summed E-state index contributed by atoms with van der Waals surface area (Å²) in [6.45, 7) is 2.19. The molecule has 3 rings (SSSR count). The molecule has 122 valence electrons. The summed E-state index contributed by atoms with van der Waals surface area (Å²) < 4.78 is 19.5. The molecule has 1 atom stereocenters. The van der Waals surface area contributed by atoms with E-state index in [1.807, 2.05) is 6.92 Å². The zero-order valence-electron chi connectivity index (χ0n) is 13.1. The van der Waals surface area contributed by atoms with Gasteiger partial charge in [-0.25, -0.2) is 14.4 Å². The Bertz CT molecular complexity index is 845. The van der Waals surface area contributed by atoms with Crippen molar-refractivity contribution < 1.29 is 9.13 Å². The molecule has 0 amide bonds. The number of rotatable bonds is 3. The average Bonchev–Trinajstić information content (AvgIpc) is 2.57. The first-order chi connectivity index (χ1) is 11.5. The zero-order chi connectivity index (χ0) is 17.2. The minimum atomic E-state index is -0.799. The van der Waals surface area contributed by atoms with Crippen molar-refractivity contribution in [3.05, 3.63) is 53.5 Å². The summed E-state index contributed by atoms with van der Waals surface area (Å²) in [6, 6.07) is 10.1. The highest BCUT2D eigenvalue weighted by Gasteiger charge is 2.32. The van der Waals surface area contributed by atoms with Crippen molar-refractivity contribution in [1.29, 1.82) is 5.26 Å². The molecule has 0 spiro atoms. The Morgan fingerprint density at radius 2 is 2.25 bits per heavy atom. The topological polar surface area (TPSA) is 96.3 Å². The van der Waals surface area contributed by atoms with Gasteiger partial charge >= 0.3 is 0 Å². The second kappa shape index (κ2) is 6.16. The van der Waals surface area contributed by atoms with E-state index in [2.05, 4.69) is 21.4 Å². The number of halogens is 1. The van der Waals surface area contributed by atoms with Gasteiger partial charge in [0.2, 0.25) is 0 Å². The third kappa shape index (κ3) is 2.99. The van der Waals surface area contributed by atoms with Crippen LogP contribution in [-0.2, 0) is 10.3 Å². The Labute approximate surface area is 138 Å². The van der Waals surface area contributed by atoms with Gasteiger partial charge in [0.1, 0.15) is 17.7 Å². The van der Waals surface area contributed by atoms with Crippen molar-refractivity contribution in [2.75, 3.05) is 11.9 Å². The monoisotopic (exact) mass is 325 g/mol. The van der Waals surface area contributed by atoms with E-state index in [-0.39, 0.29) is 11.8 Å². The normalized spacial score (nSPS) is 19.8. The van der Waals surface area contributed by atoms with E-state index in [4.69, 9.17) is 15.7 Å². The molecule has 0 bridgehead atoms. The Morgan fingerprint density at radius 1 is 1.42 bits per heavy atom. The van der Waals surface area contributed by atoms with Crippen LogP contribution >= 0.6 is 0 Å². The molecule has 1 aliphatic rings. The van der Waals surface area contributed by atoms with Crippen molar-refractivity contribution >= 4 is 17.5 Å². The summed E-state index contributed by atoms with van der Waals surface area (Å²) in [4.78, 5) is 8.41. The SMILES string of the molecule is C[C@@]1(c2cc(Nc3ncccc3C#N)ccc2F)CCOC(N)=N1. The van der Waals surface area contributed by atoms with Gasteiger partial charge in [-0.1, -0.05) is 0 Å². The maximum atomic E-state index is 14.4. The minimum Gasteiger partial charge on any atom is -0.465 e. The third-order valence-corrected chi connectivity index (χ3v) is 3.93. The first-order valence-electron chi connectivity index (χ1n) is 7.42.